The average molecular weight is 331 g/mol. The Labute approximate surface area is 132 Å². The smallest absolute Gasteiger partial charge is 0.277 e. The molecule has 0 spiro atoms. The molecule has 1 N–H and O–H groups in total. The number of para-hydroxylation sites is 1. The monoisotopic (exact) mass is 331 g/mol. The van der Waals surface area contributed by atoms with E-state index in [4.69, 9.17) is 33.9 Å². The fraction of sp³-hybridized carbons (Fsp3) is 0.462. The van der Waals surface area contributed by atoms with Crippen molar-refractivity contribution in [3.05, 3.63) is 30.3 Å². The summed E-state index contributed by atoms with van der Waals surface area (Å²) in [5.41, 5.74) is 0.858. The third-order valence-electron chi connectivity index (χ3n) is 1.93. The van der Waals surface area contributed by atoms with Crippen molar-refractivity contribution in [3.63, 3.8) is 0 Å². The molecule has 0 aliphatic rings. The van der Waals surface area contributed by atoms with Crippen LogP contribution >= 0.6 is 7.07 Å². The quantitative estimate of drug-likeness (QED) is 0.368. The molecular formula is C13H20N2O2PS2-. The predicted octanol–water partition coefficient (Wildman–Crippen LogP) is 4.08. The van der Waals surface area contributed by atoms with E-state index in [0.29, 0.717) is 0 Å². The first-order valence-electron chi connectivity index (χ1n) is 6.37. The van der Waals surface area contributed by atoms with Gasteiger partial charge >= 0.3 is 0 Å². The molecule has 0 bridgehead atoms. The first-order valence-corrected chi connectivity index (χ1v) is 9.37. The highest BCUT2D eigenvalue weighted by molar-refractivity contribution is 8.37. The SMILES string of the molecule is CC(C)O[P+]([S-])(N=C([S-])Nc1ccccc1)OC(C)C. The van der Waals surface area contributed by atoms with Crippen molar-refractivity contribution in [2.45, 2.75) is 39.9 Å². The number of amidine groups is 1. The van der Waals surface area contributed by atoms with Crippen molar-refractivity contribution in [1.29, 1.82) is 0 Å². The van der Waals surface area contributed by atoms with E-state index in [9.17, 15) is 0 Å². The molecule has 0 aliphatic carbocycles. The second-order valence-electron chi connectivity index (χ2n) is 4.67. The lowest BCUT2D eigenvalue weighted by Gasteiger charge is -2.29. The Balaban J connectivity index is 2.83. The number of rotatable bonds is 6. The Hall–Kier alpha value is -0.390. The number of hydrogen-bond acceptors (Lipinski definition) is 5. The molecule has 0 heterocycles. The molecule has 7 heteroatoms. The van der Waals surface area contributed by atoms with Gasteiger partial charge in [-0.2, -0.15) is 0 Å². The van der Waals surface area contributed by atoms with Crippen molar-refractivity contribution in [3.8, 4) is 0 Å². The van der Waals surface area contributed by atoms with Gasteiger partial charge < -0.3 is 30.2 Å². The maximum Gasteiger partial charge on any atom is 0.277 e. The van der Waals surface area contributed by atoms with Gasteiger partial charge in [-0.25, -0.2) is 9.05 Å². The molecule has 0 aromatic heterocycles. The summed E-state index contributed by atoms with van der Waals surface area (Å²) in [5.74, 6) is 0. The van der Waals surface area contributed by atoms with E-state index in [1.807, 2.05) is 58.0 Å². The summed E-state index contributed by atoms with van der Waals surface area (Å²) < 4.78 is 15.6. The van der Waals surface area contributed by atoms with Crippen LogP contribution < -0.4 is 5.32 Å². The number of anilines is 1. The lowest BCUT2D eigenvalue weighted by molar-refractivity contribution is 0.173. The molecule has 0 radical (unpaired) electrons. The first kappa shape index (κ1) is 17.7. The van der Waals surface area contributed by atoms with E-state index in [-0.39, 0.29) is 17.4 Å². The highest BCUT2D eigenvalue weighted by Crippen LogP contribution is 2.62. The lowest BCUT2D eigenvalue weighted by atomic mass is 10.3. The van der Waals surface area contributed by atoms with Gasteiger partial charge in [0, 0.05) is 10.9 Å². The van der Waals surface area contributed by atoms with Gasteiger partial charge in [-0.3, -0.25) is 0 Å². The Kier molecular flexibility index (Phi) is 7.20. The predicted molar refractivity (Wildman–Crippen MR) is 91.6 cm³/mol. The van der Waals surface area contributed by atoms with Crippen LogP contribution in [0.1, 0.15) is 27.7 Å². The standard InChI is InChI=1S/C13H21N2O2PS2/c1-10(2)16-18(20,17-11(3)4)15-13(19)14-12-8-6-5-7-9-12/h5-11H,1-4H3,(H2,14,15,19,20)/p-1. The minimum absolute atomic E-state index is 0.0668. The van der Waals surface area contributed by atoms with E-state index in [0.717, 1.165) is 5.69 Å². The van der Waals surface area contributed by atoms with Crippen LogP contribution in [0, 0.1) is 0 Å². The van der Waals surface area contributed by atoms with Crippen LogP contribution in [-0.2, 0) is 33.9 Å². The molecule has 0 aliphatic heterocycles. The summed E-state index contributed by atoms with van der Waals surface area (Å²) in [6, 6.07) is 9.56. The van der Waals surface area contributed by atoms with E-state index in [1.54, 1.807) is 0 Å². The minimum atomic E-state index is -2.77. The van der Waals surface area contributed by atoms with Crippen molar-refractivity contribution in [2.24, 2.45) is 4.76 Å². The fourth-order valence-corrected chi connectivity index (χ4v) is 4.74. The van der Waals surface area contributed by atoms with Gasteiger partial charge in [0.1, 0.15) is 0 Å². The molecule has 0 fully saturated rings. The van der Waals surface area contributed by atoms with Gasteiger partial charge in [0.25, 0.3) is 7.07 Å². The maximum atomic E-state index is 5.67. The first-order chi connectivity index (χ1) is 9.31. The van der Waals surface area contributed by atoms with E-state index in [2.05, 4.69) is 10.1 Å². The topological polar surface area (TPSA) is 42.8 Å². The summed E-state index contributed by atoms with van der Waals surface area (Å²) >= 11 is 10.6. The third kappa shape index (κ3) is 6.86. The van der Waals surface area contributed by atoms with Crippen LogP contribution in [0.15, 0.2) is 35.1 Å². The van der Waals surface area contributed by atoms with E-state index in [1.165, 1.54) is 0 Å². The van der Waals surface area contributed by atoms with Crippen LogP contribution in [0.3, 0.4) is 0 Å². The average Bonchev–Trinajstić information content (AvgIpc) is 2.26. The van der Waals surface area contributed by atoms with Crippen molar-refractivity contribution in [1.82, 2.24) is 0 Å². The summed E-state index contributed by atoms with van der Waals surface area (Å²) in [7, 11) is -2.77. The summed E-state index contributed by atoms with van der Waals surface area (Å²) in [5, 5.41) is 3.29. The molecule has 0 atom stereocenters. The van der Waals surface area contributed by atoms with Crippen molar-refractivity contribution < 1.29 is 9.05 Å². The molecule has 20 heavy (non-hydrogen) atoms. The zero-order valence-electron chi connectivity index (χ0n) is 12.1. The fourth-order valence-electron chi connectivity index (χ4n) is 1.39. The Morgan fingerprint density at radius 2 is 1.60 bits per heavy atom. The zero-order chi connectivity index (χ0) is 15.2. The molecule has 0 saturated carbocycles. The van der Waals surface area contributed by atoms with Crippen LogP contribution in [0.4, 0.5) is 5.69 Å². The van der Waals surface area contributed by atoms with Gasteiger partial charge in [0.15, 0.2) is 0 Å². The van der Waals surface area contributed by atoms with E-state index >= 15 is 0 Å². The van der Waals surface area contributed by atoms with Gasteiger partial charge in [-0.1, -0.05) is 23.0 Å². The third-order valence-corrected chi connectivity index (χ3v) is 4.84. The minimum Gasteiger partial charge on any atom is -0.739 e. The van der Waals surface area contributed by atoms with Crippen molar-refractivity contribution >= 4 is 42.8 Å². The molecule has 1 aromatic rings. The van der Waals surface area contributed by atoms with Crippen LogP contribution in [0.25, 0.3) is 0 Å². The highest BCUT2D eigenvalue weighted by atomic mass is 32.7. The van der Waals surface area contributed by atoms with Crippen LogP contribution in [0.5, 0.6) is 0 Å². The second-order valence-corrected chi connectivity index (χ2v) is 8.00. The summed E-state index contributed by atoms with van der Waals surface area (Å²) in [6.07, 6.45) is -0.134. The van der Waals surface area contributed by atoms with Gasteiger partial charge in [0.05, 0.1) is 12.2 Å². The van der Waals surface area contributed by atoms with Gasteiger partial charge in [-0.05, 0) is 39.8 Å². The number of benzene rings is 1. The number of nitrogens with one attached hydrogen (secondary N) is 1. The maximum absolute atomic E-state index is 5.67. The molecule has 112 valence electrons. The van der Waals surface area contributed by atoms with Crippen molar-refractivity contribution in [2.75, 3.05) is 5.32 Å². The largest absolute Gasteiger partial charge is 0.739 e. The normalized spacial score (nSPS) is 13.1. The molecule has 0 unspecified atom stereocenters. The summed E-state index contributed by atoms with van der Waals surface area (Å²) in [6.45, 7) is 7.59. The van der Waals surface area contributed by atoms with Crippen LogP contribution in [-0.4, -0.2) is 17.4 Å². The highest BCUT2D eigenvalue weighted by Gasteiger charge is 2.29. The van der Waals surface area contributed by atoms with E-state index < -0.39 is 7.07 Å². The van der Waals surface area contributed by atoms with Gasteiger partial charge in [0.2, 0.25) is 0 Å². The summed E-state index contributed by atoms with van der Waals surface area (Å²) in [4.78, 5) is 0. The Morgan fingerprint density at radius 1 is 1.10 bits per heavy atom. The molecule has 0 amide bonds. The molecule has 4 nitrogen and oxygen atoms in total. The second kappa shape index (κ2) is 8.15. The molecule has 1 aromatic carbocycles. The Morgan fingerprint density at radius 3 is 2.05 bits per heavy atom. The molecule has 1 rings (SSSR count). The number of hydrogen-bond donors (Lipinski definition) is 1. The van der Waals surface area contributed by atoms with Crippen LogP contribution in [0.2, 0.25) is 0 Å². The van der Waals surface area contributed by atoms with Gasteiger partial charge in [-0.15, -0.1) is 0 Å². The number of nitrogens with zero attached hydrogens (tertiary/aromatic N) is 1. The molecular weight excluding hydrogens is 311 g/mol. The lowest BCUT2D eigenvalue weighted by Crippen LogP contribution is -2.14. The zero-order valence-corrected chi connectivity index (χ0v) is 14.6. The molecule has 0 saturated heterocycles. The Bertz CT molecular complexity index is 431.